The number of nitrogens with zero attached hydrogens (tertiary/aromatic N) is 5. The summed E-state index contributed by atoms with van der Waals surface area (Å²) in [6, 6.07) is 1.07. The highest BCUT2D eigenvalue weighted by Gasteiger charge is 2.46. The zero-order valence-electron chi connectivity index (χ0n) is 25.4. The van der Waals surface area contributed by atoms with Crippen molar-refractivity contribution >= 4 is 29.2 Å². The van der Waals surface area contributed by atoms with E-state index in [1.807, 2.05) is 6.92 Å². The topological polar surface area (TPSA) is 137 Å². The summed E-state index contributed by atoms with van der Waals surface area (Å²) in [5, 5.41) is 17.7. The highest BCUT2D eigenvalue weighted by Crippen LogP contribution is 2.44. The molecule has 3 aromatic heterocycles. The maximum atomic E-state index is 14.1. The van der Waals surface area contributed by atoms with Crippen LogP contribution in [0.4, 0.5) is 17.6 Å². The van der Waals surface area contributed by atoms with E-state index in [9.17, 15) is 27.2 Å². The molecule has 0 bridgehead atoms. The van der Waals surface area contributed by atoms with Gasteiger partial charge in [0, 0.05) is 62.0 Å². The number of rotatable bonds is 14. The van der Waals surface area contributed by atoms with Gasteiger partial charge in [-0.3, -0.25) is 9.59 Å². The third kappa shape index (κ3) is 7.81. The molecule has 3 fully saturated rings. The van der Waals surface area contributed by atoms with E-state index in [0.29, 0.717) is 41.6 Å². The van der Waals surface area contributed by atoms with Gasteiger partial charge in [0.1, 0.15) is 11.4 Å². The van der Waals surface area contributed by atoms with Gasteiger partial charge in [0.05, 0.1) is 30.7 Å². The zero-order chi connectivity index (χ0) is 32.5. The second-order valence-corrected chi connectivity index (χ2v) is 13.9. The SMILES string of the molecule is CCOCC[SH+]C(NC(=O)CC1CC(F)(F)C1)c1cnn2cc([C@@H](NC(=O)c3nonc3C3CC3)C3CCC(F)(F)CC3)nc2c1. The van der Waals surface area contributed by atoms with Gasteiger partial charge in [0.2, 0.25) is 23.1 Å². The Balaban J connectivity index is 1.23. The monoisotopic (exact) mass is 668 g/mol. The van der Waals surface area contributed by atoms with E-state index in [-0.39, 0.29) is 74.3 Å². The van der Waals surface area contributed by atoms with E-state index in [2.05, 4.69) is 26.0 Å². The van der Waals surface area contributed by atoms with E-state index in [1.54, 1.807) is 18.5 Å². The molecule has 0 spiro atoms. The number of fused-ring (bicyclic) bond motifs is 1. The molecule has 3 heterocycles. The summed E-state index contributed by atoms with van der Waals surface area (Å²) in [4.78, 5) is 31.0. The predicted molar refractivity (Wildman–Crippen MR) is 160 cm³/mol. The van der Waals surface area contributed by atoms with E-state index >= 15 is 0 Å². The van der Waals surface area contributed by atoms with Crippen molar-refractivity contribution in [3.05, 3.63) is 41.1 Å². The second kappa shape index (κ2) is 13.5. The fraction of sp³-hybridized carbons (Fsp3) is 0.667. The zero-order valence-corrected chi connectivity index (χ0v) is 26.3. The first kappa shape index (κ1) is 32.7. The number of hydrogen-bond donors (Lipinski definition) is 2. The molecule has 0 aliphatic heterocycles. The lowest BCUT2D eigenvalue weighted by Gasteiger charge is -2.34. The lowest BCUT2D eigenvalue weighted by molar-refractivity contribution is -0.133. The van der Waals surface area contributed by atoms with Crippen LogP contribution in [-0.4, -0.2) is 67.5 Å². The Hall–Kier alpha value is -3.27. The van der Waals surface area contributed by atoms with E-state index in [1.165, 1.54) is 4.52 Å². The average molecular weight is 669 g/mol. The molecule has 46 heavy (non-hydrogen) atoms. The molecular formula is C30H38F4N7O4S+. The molecule has 16 heteroatoms. The Morgan fingerprint density at radius 1 is 1.11 bits per heavy atom. The number of carbonyl (C=O) groups excluding carboxylic acids is 2. The van der Waals surface area contributed by atoms with Crippen LogP contribution in [-0.2, 0) is 21.3 Å². The minimum absolute atomic E-state index is 0.0155. The number of hydrogen-bond acceptors (Lipinski definition) is 8. The van der Waals surface area contributed by atoms with Crippen LogP contribution in [0.3, 0.4) is 0 Å². The highest BCUT2D eigenvalue weighted by molar-refractivity contribution is 7.78. The first-order valence-electron chi connectivity index (χ1n) is 15.8. The van der Waals surface area contributed by atoms with E-state index < -0.39 is 29.2 Å². The van der Waals surface area contributed by atoms with Gasteiger partial charge in [0.15, 0.2) is 11.3 Å². The fourth-order valence-corrected chi connectivity index (χ4v) is 7.33. The van der Waals surface area contributed by atoms with E-state index in [4.69, 9.17) is 14.3 Å². The molecule has 6 rings (SSSR count). The first-order chi connectivity index (χ1) is 22.0. The number of thiol groups is 1. The van der Waals surface area contributed by atoms with E-state index in [0.717, 1.165) is 24.6 Å². The van der Waals surface area contributed by atoms with Gasteiger partial charge in [-0.25, -0.2) is 31.7 Å². The van der Waals surface area contributed by atoms with Gasteiger partial charge < -0.3 is 15.4 Å². The number of aromatic nitrogens is 5. The number of carbonyl (C=O) groups is 2. The van der Waals surface area contributed by atoms with Gasteiger partial charge >= 0.3 is 0 Å². The van der Waals surface area contributed by atoms with Crippen molar-refractivity contribution in [2.45, 2.75) is 93.9 Å². The van der Waals surface area contributed by atoms with Crippen molar-refractivity contribution in [2.24, 2.45) is 11.8 Å². The van der Waals surface area contributed by atoms with Gasteiger partial charge in [-0.2, -0.15) is 5.10 Å². The van der Waals surface area contributed by atoms with Crippen LogP contribution >= 0.6 is 0 Å². The summed E-state index contributed by atoms with van der Waals surface area (Å²) in [7, 11) is 0. The molecule has 3 aliphatic rings. The summed E-state index contributed by atoms with van der Waals surface area (Å²) in [6.07, 6.45) is 4.28. The number of amides is 2. The normalized spacial score (nSPS) is 21.1. The number of alkyl halides is 4. The molecule has 2 N–H and O–H groups in total. The lowest BCUT2D eigenvalue weighted by Crippen LogP contribution is -2.39. The van der Waals surface area contributed by atoms with Gasteiger partial charge in [-0.05, 0) is 55.7 Å². The van der Waals surface area contributed by atoms with Crippen molar-refractivity contribution in [2.75, 3.05) is 19.0 Å². The molecule has 11 nitrogen and oxygen atoms in total. The van der Waals surface area contributed by atoms with Crippen LogP contribution < -0.4 is 10.6 Å². The van der Waals surface area contributed by atoms with Crippen LogP contribution in [0.1, 0.15) is 109 Å². The molecule has 0 aromatic carbocycles. The van der Waals surface area contributed by atoms with Crippen molar-refractivity contribution in [3.63, 3.8) is 0 Å². The summed E-state index contributed by atoms with van der Waals surface area (Å²) in [6.45, 7) is 2.92. The molecule has 2 atom stereocenters. The van der Waals surface area contributed by atoms with Crippen LogP contribution in [0.15, 0.2) is 23.1 Å². The van der Waals surface area contributed by atoms with Gasteiger partial charge in [-0.15, -0.1) is 0 Å². The Morgan fingerprint density at radius 2 is 1.87 bits per heavy atom. The van der Waals surface area contributed by atoms with Crippen molar-refractivity contribution < 1.29 is 36.5 Å². The minimum atomic E-state index is -2.75. The molecule has 3 saturated carbocycles. The van der Waals surface area contributed by atoms with Crippen LogP contribution in [0.25, 0.3) is 5.65 Å². The summed E-state index contributed by atoms with van der Waals surface area (Å²) in [5.41, 5.74) is 2.14. The maximum Gasteiger partial charge on any atom is 0.276 e. The van der Waals surface area contributed by atoms with Crippen molar-refractivity contribution in [1.29, 1.82) is 0 Å². The second-order valence-electron chi connectivity index (χ2n) is 12.6. The quantitative estimate of drug-likeness (QED) is 0.109. The molecule has 2 amide bonds. The average Bonchev–Trinajstić information content (AvgIpc) is 3.55. The minimum Gasteiger partial charge on any atom is -0.377 e. The number of halogens is 4. The molecule has 3 aromatic rings. The lowest BCUT2D eigenvalue weighted by atomic mass is 9.79. The molecule has 1 unspecified atom stereocenters. The molecule has 0 saturated heterocycles. The van der Waals surface area contributed by atoms with Crippen LogP contribution in [0, 0.1) is 11.8 Å². The molecular weight excluding hydrogens is 630 g/mol. The largest absolute Gasteiger partial charge is 0.377 e. The van der Waals surface area contributed by atoms with Crippen molar-refractivity contribution in [1.82, 2.24) is 35.5 Å². The molecule has 0 radical (unpaired) electrons. The van der Waals surface area contributed by atoms with Crippen LogP contribution in [0.2, 0.25) is 0 Å². The smallest absolute Gasteiger partial charge is 0.276 e. The molecule has 3 aliphatic carbocycles. The predicted octanol–water partition coefficient (Wildman–Crippen LogP) is 4.69. The Labute approximate surface area is 266 Å². The number of nitrogens with one attached hydrogen (secondary N) is 2. The maximum absolute atomic E-state index is 14.1. The fourth-order valence-electron chi connectivity index (χ4n) is 6.25. The van der Waals surface area contributed by atoms with Crippen LogP contribution in [0.5, 0.6) is 0 Å². The number of imidazole rings is 1. The number of ether oxygens (including phenoxy) is 1. The highest BCUT2D eigenvalue weighted by atomic mass is 32.2. The third-order valence-corrected chi connectivity index (χ3v) is 10.1. The standard InChI is InChI=1S/C30H37F4N7O4S/c1-2-44-9-10-46-28(37-23(42)11-17-13-30(33,34)14-17)20-12-22-36-21(16-41(22)35-15-20)24(19-5-7-29(31,32)8-6-19)38-27(43)26-25(18-3-4-18)39-45-40-26/h12,15-19,24,28H,2-11,13-14H2,1H3,(H,37,42)(H,38,43)/p+1/t24-,28?/m0/s1. The summed E-state index contributed by atoms with van der Waals surface area (Å²) < 4.78 is 66.7. The third-order valence-electron chi connectivity index (χ3n) is 8.90. The van der Waals surface area contributed by atoms with Gasteiger partial charge in [-0.1, -0.05) is 5.16 Å². The molecule has 250 valence electrons. The van der Waals surface area contributed by atoms with Crippen molar-refractivity contribution in [3.8, 4) is 0 Å². The van der Waals surface area contributed by atoms with Gasteiger partial charge in [0.25, 0.3) is 5.91 Å². The first-order valence-corrected chi connectivity index (χ1v) is 16.9. The Kier molecular flexibility index (Phi) is 9.55. The summed E-state index contributed by atoms with van der Waals surface area (Å²) in [5.74, 6) is -6.20. The Morgan fingerprint density at radius 3 is 2.57 bits per heavy atom. The summed E-state index contributed by atoms with van der Waals surface area (Å²) >= 11 is 0.828. The Bertz CT molecular complexity index is 1530.